The third-order valence-electron chi connectivity index (χ3n) is 11.4. The molecule has 8 rings (SSSR count). The fourth-order valence-corrected chi connectivity index (χ4v) is 10.2. The number of aromatic hydroxyl groups is 2. The van der Waals surface area contributed by atoms with Crippen LogP contribution < -0.4 is 16.5 Å². The predicted octanol–water partition coefficient (Wildman–Crippen LogP) is 1.22. The second-order valence-corrected chi connectivity index (χ2v) is 17.7. The number of β-lactam (4-membered cyclic amide) rings is 1. The lowest BCUT2D eigenvalue weighted by atomic mass is 9.97. The highest BCUT2D eigenvalue weighted by atomic mass is 32.2. The number of nitrogen functional groups attached to an aromatic ring is 1. The summed E-state index contributed by atoms with van der Waals surface area (Å²) in [6.45, 7) is 8.49. The standard InChI is InChI=1S/C37H42N8O11S2/c1-16-24-21(12-23(46)28(16)47)39-13-19(29(24)48)31(50)43-8-11-45(9-6-18(43)7-10-45)14-20-17(2)58-33-26(32(51)44(33)27(20)34(52)53)41-30(49)25(22-15-57-36(38)40-22)42-56-37(3,4)35(54)55-5/h12-13,15,17-18,26,33H,6-11,14H2,1-5H3,(H6-,38,39,40,41,42,46,47,48,49,50,52,53)/p+1. The number of nitrogens with two attached hydrogens (primary N) is 1. The van der Waals surface area contributed by atoms with Gasteiger partial charge in [0.15, 0.2) is 22.3 Å². The van der Waals surface area contributed by atoms with Crippen LogP contribution in [0.25, 0.3) is 10.9 Å². The number of ether oxygens (including phenoxy) is 1. The van der Waals surface area contributed by atoms with Crippen molar-refractivity contribution in [1.29, 1.82) is 0 Å². The number of piperidine rings is 1. The number of methoxy groups -OCH3 is 1. The molecule has 3 amide bonds. The number of hydrogen-bond acceptors (Lipinski definition) is 15. The number of carboxylic acid groups (broad SMARTS) is 1. The Bertz CT molecular complexity index is 2380. The second kappa shape index (κ2) is 14.9. The molecule has 2 aromatic heterocycles. The number of aromatic amines is 1. The molecule has 4 saturated heterocycles. The van der Waals surface area contributed by atoms with E-state index in [4.69, 9.17) is 15.3 Å². The van der Waals surface area contributed by atoms with E-state index >= 15 is 0 Å². The molecule has 0 spiro atoms. The zero-order valence-electron chi connectivity index (χ0n) is 32.2. The van der Waals surface area contributed by atoms with Gasteiger partial charge in [-0.05, 0) is 27.7 Å². The summed E-state index contributed by atoms with van der Waals surface area (Å²) >= 11 is 2.37. The molecule has 0 radical (unpaired) electrons. The van der Waals surface area contributed by atoms with Crippen LogP contribution in [-0.4, -0.2) is 143 Å². The smallest absolute Gasteiger partial charge is 0.352 e. The van der Waals surface area contributed by atoms with Crippen LogP contribution in [0.4, 0.5) is 5.13 Å². The number of carboxylic acids is 1. The zero-order valence-corrected chi connectivity index (χ0v) is 33.9. The van der Waals surface area contributed by atoms with E-state index in [0.29, 0.717) is 55.6 Å². The van der Waals surface area contributed by atoms with E-state index in [1.165, 1.54) is 62.2 Å². The van der Waals surface area contributed by atoms with Gasteiger partial charge in [-0.25, -0.2) is 14.6 Å². The van der Waals surface area contributed by atoms with Gasteiger partial charge in [0.25, 0.3) is 17.7 Å². The lowest BCUT2D eigenvalue weighted by molar-refractivity contribution is -0.925. The molecule has 21 heteroatoms. The fraction of sp³-hybridized carbons (Fsp3) is 0.459. The summed E-state index contributed by atoms with van der Waals surface area (Å²) in [6.07, 6.45) is 2.54. The molecule has 2 bridgehead atoms. The molecule has 7 N–H and O–H groups in total. The van der Waals surface area contributed by atoms with Crippen molar-refractivity contribution in [3.63, 3.8) is 0 Å². The minimum Gasteiger partial charge on any atom is -0.504 e. The van der Waals surface area contributed by atoms with Gasteiger partial charge in [-0.2, -0.15) is 0 Å². The fourth-order valence-electron chi connectivity index (χ4n) is 8.18. The number of fused-ring (bicyclic) bond motifs is 6. The number of hydrogen-bond donors (Lipinski definition) is 6. The number of oxime groups is 1. The Labute approximate surface area is 339 Å². The van der Waals surface area contributed by atoms with Gasteiger partial charge >= 0.3 is 11.9 Å². The third kappa shape index (κ3) is 6.89. The summed E-state index contributed by atoms with van der Waals surface area (Å²) in [6, 6.07) is -0.0468. The average molecular weight is 840 g/mol. The number of nitrogens with one attached hydrogen (secondary N) is 2. The van der Waals surface area contributed by atoms with Crippen LogP contribution in [0.1, 0.15) is 55.2 Å². The first-order valence-corrected chi connectivity index (χ1v) is 20.2. The van der Waals surface area contributed by atoms with E-state index in [2.05, 4.69) is 20.4 Å². The number of carbonyl (C=O) groups is 5. The number of rotatable bonds is 10. The van der Waals surface area contributed by atoms with E-state index in [0.717, 1.165) is 11.3 Å². The number of pyridine rings is 1. The first-order chi connectivity index (χ1) is 27.4. The van der Waals surface area contributed by atoms with Gasteiger partial charge in [-0.3, -0.25) is 24.1 Å². The molecule has 19 nitrogen and oxygen atoms in total. The number of amides is 3. The zero-order chi connectivity index (χ0) is 42.0. The number of anilines is 1. The van der Waals surface area contributed by atoms with E-state index in [1.54, 1.807) is 4.90 Å². The highest BCUT2D eigenvalue weighted by Gasteiger charge is 2.57. The molecule has 0 saturated carbocycles. The van der Waals surface area contributed by atoms with Crippen LogP contribution >= 0.6 is 23.1 Å². The van der Waals surface area contributed by atoms with Crippen LogP contribution in [0.3, 0.4) is 0 Å². The maximum atomic E-state index is 14.0. The number of aryl methyl sites for hydroxylation is 1. The number of quaternary nitrogens is 1. The average Bonchev–Trinajstić information content (AvgIpc) is 3.43. The van der Waals surface area contributed by atoms with Crippen LogP contribution in [0.2, 0.25) is 0 Å². The van der Waals surface area contributed by atoms with Crippen molar-refractivity contribution in [3.8, 4) is 11.5 Å². The number of thioether (sulfide) groups is 1. The molecule has 3 aromatic rings. The first-order valence-electron chi connectivity index (χ1n) is 18.4. The monoisotopic (exact) mass is 839 g/mol. The summed E-state index contributed by atoms with van der Waals surface area (Å²) in [4.78, 5) is 95.5. The van der Waals surface area contributed by atoms with Crippen molar-refractivity contribution in [1.82, 2.24) is 25.1 Å². The number of benzene rings is 1. The van der Waals surface area contributed by atoms with Gasteiger partial charge in [-0.1, -0.05) is 5.16 Å². The molecule has 7 heterocycles. The molecule has 3 unspecified atom stereocenters. The minimum atomic E-state index is -1.58. The van der Waals surface area contributed by atoms with Crippen LogP contribution in [0.5, 0.6) is 11.5 Å². The number of aromatic nitrogens is 2. The number of esters is 1. The van der Waals surface area contributed by atoms with Crippen molar-refractivity contribution >= 4 is 74.5 Å². The van der Waals surface area contributed by atoms with E-state index in [-0.39, 0.29) is 61.3 Å². The van der Waals surface area contributed by atoms with Gasteiger partial charge in [0.2, 0.25) is 11.0 Å². The van der Waals surface area contributed by atoms with Crippen molar-refractivity contribution in [2.45, 2.75) is 68.8 Å². The van der Waals surface area contributed by atoms with Gasteiger partial charge < -0.3 is 50.3 Å². The van der Waals surface area contributed by atoms with Crippen LogP contribution in [0, 0.1) is 6.92 Å². The van der Waals surface area contributed by atoms with E-state index in [1.807, 2.05) is 6.92 Å². The van der Waals surface area contributed by atoms with Crippen molar-refractivity contribution < 1.29 is 53.3 Å². The van der Waals surface area contributed by atoms with E-state index in [9.17, 15) is 44.1 Å². The first kappa shape index (κ1) is 40.5. The maximum Gasteiger partial charge on any atom is 0.352 e. The predicted molar refractivity (Wildman–Crippen MR) is 211 cm³/mol. The third-order valence-corrected chi connectivity index (χ3v) is 13.6. The number of thiazole rings is 1. The Morgan fingerprint density at radius 3 is 2.52 bits per heavy atom. The molecule has 308 valence electrons. The summed E-state index contributed by atoms with van der Waals surface area (Å²) < 4.78 is 5.22. The molecular weight excluding hydrogens is 797 g/mol. The molecule has 58 heavy (non-hydrogen) atoms. The largest absolute Gasteiger partial charge is 0.504 e. The molecule has 3 atom stereocenters. The minimum absolute atomic E-state index is 0.0402. The van der Waals surface area contributed by atoms with Gasteiger partial charge in [0.05, 0.1) is 44.2 Å². The normalized spacial score (nSPS) is 24.6. The Hall–Kier alpha value is -5.67. The number of nitrogens with zero attached hydrogens (tertiary/aromatic N) is 5. The summed E-state index contributed by atoms with van der Waals surface area (Å²) in [5, 5.41) is 38.0. The van der Waals surface area contributed by atoms with E-state index < -0.39 is 57.9 Å². The van der Waals surface area contributed by atoms with Crippen LogP contribution in [-0.2, 0) is 28.8 Å². The second-order valence-electron chi connectivity index (χ2n) is 15.3. The lowest BCUT2D eigenvalue weighted by Crippen LogP contribution is -2.72. The molecule has 5 aliphatic heterocycles. The Balaban J connectivity index is 1.10. The molecule has 0 aliphatic carbocycles. The van der Waals surface area contributed by atoms with Crippen molar-refractivity contribution in [2.75, 3.05) is 45.6 Å². The lowest BCUT2D eigenvalue weighted by Gasteiger charge is -2.52. The Kier molecular flexibility index (Phi) is 10.4. The number of carbonyl (C=O) groups excluding carboxylic acids is 4. The quantitative estimate of drug-likeness (QED) is 0.0419. The SMILES string of the molecule is COC(=O)C(C)(C)ON=C(C(=O)NC1C(=O)N2C(C(=O)O)=C(C[N+]34CCC(CC3)N(C(=O)c3c[nH]c5cc(O)c(O)c(C)c5c3=O)CC4)C(C)SC12)c1csc(N)n1. The van der Waals surface area contributed by atoms with Gasteiger partial charge in [-0.15, -0.1) is 23.1 Å². The van der Waals surface area contributed by atoms with Gasteiger partial charge in [0.1, 0.15) is 34.9 Å². The Morgan fingerprint density at radius 2 is 1.88 bits per heavy atom. The summed E-state index contributed by atoms with van der Waals surface area (Å²) in [5.74, 6) is -4.80. The number of H-pyrrole nitrogens is 1. The number of aliphatic carboxylic acids is 1. The highest BCUT2D eigenvalue weighted by molar-refractivity contribution is 8.00. The summed E-state index contributed by atoms with van der Waals surface area (Å²) in [5.41, 5.74) is 4.12. The van der Waals surface area contributed by atoms with Crippen molar-refractivity contribution in [3.05, 3.63) is 56.0 Å². The molecule has 4 fully saturated rings. The molecular formula is C37H43N8O11S2+. The topological polar surface area (TPSA) is 267 Å². The van der Waals surface area contributed by atoms with Crippen molar-refractivity contribution in [2.24, 2.45) is 5.16 Å². The molecule has 5 aliphatic rings. The Morgan fingerprint density at radius 1 is 1.17 bits per heavy atom. The van der Waals surface area contributed by atoms with Crippen LogP contribution in [0.15, 0.2) is 38.9 Å². The van der Waals surface area contributed by atoms with Gasteiger partial charge in [0, 0.05) is 52.9 Å². The highest BCUT2D eigenvalue weighted by Crippen LogP contribution is 2.45. The number of phenols is 2. The maximum absolute atomic E-state index is 14.0. The molecule has 1 aromatic carbocycles. The number of phenolic OH excluding ortho intramolecular Hbond substituents is 2. The summed E-state index contributed by atoms with van der Waals surface area (Å²) in [7, 11) is 1.17.